The highest BCUT2D eigenvalue weighted by molar-refractivity contribution is 7.17. The number of nitrogens with two attached hydrogens (primary N) is 1. The first-order chi connectivity index (χ1) is 20.4. The second-order valence-electron chi connectivity index (χ2n) is 10.3. The van der Waals surface area contributed by atoms with E-state index in [9.17, 15) is 18.4 Å². The molecule has 218 valence electrons. The number of carbonyl (C=O) groups excluding carboxylic acids is 1. The molecule has 0 spiro atoms. The first kappa shape index (κ1) is 26.5. The molecule has 0 amide bonds. The maximum absolute atomic E-state index is 14.8. The largest absolute Gasteiger partial charge is 0.480 e. The van der Waals surface area contributed by atoms with Gasteiger partial charge in [0.2, 0.25) is 11.8 Å². The zero-order chi connectivity index (χ0) is 29.0. The van der Waals surface area contributed by atoms with Crippen LogP contribution >= 0.6 is 11.3 Å². The lowest BCUT2D eigenvalue weighted by Gasteiger charge is -2.36. The second kappa shape index (κ2) is 10.5. The Morgan fingerprint density at radius 1 is 1.07 bits per heavy atom. The minimum Gasteiger partial charge on any atom is -0.480 e. The molecule has 2 fully saturated rings. The van der Waals surface area contributed by atoms with Gasteiger partial charge in [0.15, 0.2) is 40.5 Å². The number of furan rings is 1. The van der Waals surface area contributed by atoms with E-state index in [1.807, 2.05) is 4.90 Å². The molecule has 1 atom stereocenters. The topological polar surface area (TPSA) is 137 Å². The normalized spacial score (nSPS) is 18.1. The number of piperazine rings is 1. The van der Waals surface area contributed by atoms with Crippen molar-refractivity contribution in [2.75, 3.05) is 43.4 Å². The maximum Gasteiger partial charge on any atom is 0.309 e. The van der Waals surface area contributed by atoms with Gasteiger partial charge >= 0.3 is 4.87 Å². The van der Waals surface area contributed by atoms with Crippen molar-refractivity contribution in [1.29, 1.82) is 0 Å². The van der Waals surface area contributed by atoms with Crippen LogP contribution in [0, 0.1) is 11.6 Å². The Morgan fingerprint density at radius 2 is 1.90 bits per heavy atom. The van der Waals surface area contributed by atoms with E-state index in [0.29, 0.717) is 86.1 Å². The smallest absolute Gasteiger partial charge is 0.309 e. The van der Waals surface area contributed by atoms with Gasteiger partial charge in [-0.3, -0.25) is 19.1 Å². The molecule has 7 rings (SSSR count). The Kier molecular flexibility index (Phi) is 6.61. The van der Waals surface area contributed by atoms with Crippen LogP contribution in [0.2, 0.25) is 0 Å². The zero-order valence-electron chi connectivity index (χ0n) is 22.3. The number of Topliss-reactive ketones (excluding diaryl/α,β-unsaturated/α-hetero) is 1. The molecule has 5 heterocycles. The second-order valence-corrected chi connectivity index (χ2v) is 11.3. The molecule has 0 unspecified atom stereocenters. The summed E-state index contributed by atoms with van der Waals surface area (Å²) in [5.74, 6) is -0.750. The van der Waals surface area contributed by atoms with E-state index in [-0.39, 0.29) is 28.0 Å². The molecule has 1 saturated carbocycles. The Hall–Kier alpha value is -4.37. The molecule has 2 N–H and O–H groups in total. The number of aromatic nitrogens is 5. The van der Waals surface area contributed by atoms with Crippen molar-refractivity contribution in [3.8, 4) is 17.3 Å². The van der Waals surface area contributed by atoms with E-state index in [0.717, 1.165) is 17.4 Å². The first-order valence-corrected chi connectivity index (χ1v) is 14.4. The Bertz CT molecular complexity index is 1860. The SMILES string of the molecule is Nc1nc2c(sc(=O)n2CCN2CCN(c3cc(O[C@H]4CCCC4=O)c(F)cc3F)CC2)c2nc(-c3ccco3)nn12. The highest BCUT2D eigenvalue weighted by atomic mass is 32.1. The Labute approximate surface area is 240 Å². The van der Waals surface area contributed by atoms with Crippen LogP contribution in [0.1, 0.15) is 19.3 Å². The molecule has 42 heavy (non-hydrogen) atoms. The number of anilines is 2. The zero-order valence-corrected chi connectivity index (χ0v) is 23.1. The fourth-order valence-corrected chi connectivity index (χ4v) is 6.44. The van der Waals surface area contributed by atoms with Crippen LogP contribution in [0.25, 0.3) is 27.6 Å². The number of ketones is 1. The van der Waals surface area contributed by atoms with Gasteiger partial charge in [-0.15, -0.1) is 5.10 Å². The number of thiazole rings is 1. The standard InChI is InChI=1S/C27H26F2N8O4S/c28-15-13-16(29)21(41-19-4-1-3-18(19)38)14-17(15)35-9-6-34(7-10-35)8-11-36-24-22(42-27(36)39)25-31-23(20-5-2-12-40-20)33-37(25)26(30)32-24/h2,5,12-14,19H,1,3-4,6-11H2,(H2,30,32)/t19-/m0/s1. The average Bonchev–Trinajstić information content (AvgIpc) is 3.77. The molecule has 1 aromatic carbocycles. The maximum atomic E-state index is 14.8. The molecule has 0 radical (unpaired) electrons. The molecular formula is C27H26F2N8O4S. The monoisotopic (exact) mass is 596 g/mol. The minimum absolute atomic E-state index is 0.0613. The lowest BCUT2D eigenvalue weighted by Crippen LogP contribution is -2.47. The molecule has 15 heteroatoms. The Balaban J connectivity index is 1.05. The summed E-state index contributed by atoms with van der Waals surface area (Å²) in [6.45, 7) is 3.11. The summed E-state index contributed by atoms with van der Waals surface area (Å²) in [4.78, 5) is 37.7. The summed E-state index contributed by atoms with van der Waals surface area (Å²) in [6, 6.07) is 5.63. The van der Waals surface area contributed by atoms with Crippen LogP contribution < -0.4 is 20.2 Å². The number of halogens is 2. The third-order valence-electron chi connectivity index (χ3n) is 7.73. The quantitative estimate of drug-likeness (QED) is 0.299. The molecule has 1 aliphatic heterocycles. The van der Waals surface area contributed by atoms with E-state index in [1.165, 1.54) is 16.8 Å². The third-order valence-corrected chi connectivity index (χ3v) is 8.69. The number of rotatable bonds is 7. The van der Waals surface area contributed by atoms with E-state index in [4.69, 9.17) is 14.9 Å². The summed E-state index contributed by atoms with van der Waals surface area (Å²) in [5.41, 5.74) is 7.28. The molecule has 4 aromatic heterocycles. The fraction of sp³-hybridized carbons (Fsp3) is 0.370. The number of hydrogen-bond acceptors (Lipinski definition) is 11. The van der Waals surface area contributed by atoms with Gasteiger partial charge in [-0.1, -0.05) is 11.3 Å². The van der Waals surface area contributed by atoms with E-state index in [2.05, 4.69) is 20.0 Å². The molecule has 2 aliphatic rings. The predicted octanol–water partition coefficient (Wildman–Crippen LogP) is 2.94. The van der Waals surface area contributed by atoms with Crippen LogP contribution in [-0.4, -0.2) is 73.7 Å². The van der Waals surface area contributed by atoms with Gasteiger partial charge in [0, 0.05) is 57.8 Å². The lowest BCUT2D eigenvalue weighted by atomic mass is 10.2. The third kappa shape index (κ3) is 4.67. The number of carbonyl (C=O) groups is 1. The van der Waals surface area contributed by atoms with Crippen LogP contribution in [0.4, 0.5) is 20.4 Å². The van der Waals surface area contributed by atoms with Crippen LogP contribution in [0.5, 0.6) is 5.75 Å². The average molecular weight is 597 g/mol. The molecule has 1 saturated heterocycles. The van der Waals surface area contributed by atoms with Crippen molar-refractivity contribution in [3.63, 3.8) is 0 Å². The van der Waals surface area contributed by atoms with Crippen molar-refractivity contribution in [2.24, 2.45) is 0 Å². The number of hydrogen-bond donors (Lipinski definition) is 1. The van der Waals surface area contributed by atoms with Gasteiger partial charge < -0.3 is 19.8 Å². The molecule has 5 aromatic rings. The summed E-state index contributed by atoms with van der Waals surface area (Å²) in [6.07, 6.45) is 2.49. The summed E-state index contributed by atoms with van der Waals surface area (Å²) in [7, 11) is 0. The number of benzene rings is 1. The Morgan fingerprint density at radius 3 is 2.64 bits per heavy atom. The van der Waals surface area contributed by atoms with Crippen LogP contribution in [-0.2, 0) is 11.3 Å². The van der Waals surface area contributed by atoms with Crippen molar-refractivity contribution in [3.05, 3.63) is 51.8 Å². The summed E-state index contributed by atoms with van der Waals surface area (Å²) < 4.78 is 43.8. The molecular weight excluding hydrogens is 570 g/mol. The van der Waals surface area contributed by atoms with Gasteiger partial charge in [-0.2, -0.15) is 9.50 Å². The van der Waals surface area contributed by atoms with E-state index >= 15 is 0 Å². The van der Waals surface area contributed by atoms with E-state index < -0.39 is 17.7 Å². The molecule has 0 bridgehead atoms. The van der Waals surface area contributed by atoms with Crippen LogP contribution in [0.15, 0.2) is 39.7 Å². The van der Waals surface area contributed by atoms with Gasteiger partial charge in [0.1, 0.15) is 10.5 Å². The van der Waals surface area contributed by atoms with Crippen molar-refractivity contribution in [2.45, 2.75) is 31.9 Å². The van der Waals surface area contributed by atoms with Gasteiger partial charge in [0.05, 0.1) is 12.0 Å². The molecule has 1 aliphatic carbocycles. The molecule has 12 nitrogen and oxygen atoms in total. The van der Waals surface area contributed by atoms with Gasteiger partial charge in [0.25, 0.3) is 0 Å². The summed E-state index contributed by atoms with van der Waals surface area (Å²) >= 11 is 1.03. The van der Waals surface area contributed by atoms with Gasteiger partial charge in [-0.05, 0) is 25.0 Å². The number of nitrogens with zero attached hydrogens (tertiary/aromatic N) is 7. The minimum atomic E-state index is -0.821. The highest BCUT2D eigenvalue weighted by Gasteiger charge is 2.29. The van der Waals surface area contributed by atoms with Crippen molar-refractivity contribution >= 4 is 44.8 Å². The number of fused-ring (bicyclic) bond motifs is 3. The van der Waals surface area contributed by atoms with E-state index in [1.54, 1.807) is 16.7 Å². The van der Waals surface area contributed by atoms with Gasteiger partial charge in [-0.25, -0.2) is 13.8 Å². The lowest BCUT2D eigenvalue weighted by molar-refractivity contribution is -0.123. The summed E-state index contributed by atoms with van der Waals surface area (Å²) in [5, 5.41) is 4.38. The van der Waals surface area contributed by atoms with Crippen molar-refractivity contribution in [1.82, 2.24) is 29.0 Å². The van der Waals surface area contributed by atoms with Crippen molar-refractivity contribution < 1.29 is 22.7 Å². The fourth-order valence-electron chi connectivity index (χ4n) is 5.50. The first-order valence-electron chi connectivity index (χ1n) is 13.6. The highest BCUT2D eigenvalue weighted by Crippen LogP contribution is 2.32. The van der Waals surface area contributed by atoms with Crippen LogP contribution in [0.3, 0.4) is 0 Å². The number of nitrogen functional groups attached to an aromatic ring is 1. The predicted molar refractivity (Wildman–Crippen MR) is 151 cm³/mol. The number of ether oxygens (including phenoxy) is 1.